The largest absolute Gasteiger partial charge is 0.466 e. The van der Waals surface area contributed by atoms with E-state index in [0.29, 0.717) is 17.2 Å². The van der Waals surface area contributed by atoms with E-state index in [1.165, 1.54) is 24.3 Å². The van der Waals surface area contributed by atoms with Crippen LogP contribution in [0.5, 0.6) is 0 Å². The molecule has 0 radical (unpaired) electrons. The third-order valence-corrected chi connectivity index (χ3v) is 2.70. The van der Waals surface area contributed by atoms with Gasteiger partial charge in [-0.15, -0.1) is 0 Å². The molecule has 0 aliphatic rings. The number of ether oxygens (including phenoxy) is 1. The van der Waals surface area contributed by atoms with Gasteiger partial charge in [-0.2, -0.15) is 0 Å². The molecule has 0 aliphatic heterocycles. The lowest BCUT2D eigenvalue weighted by Gasteiger charge is -2.06. The third-order valence-electron chi connectivity index (χ3n) is 2.70. The summed E-state index contributed by atoms with van der Waals surface area (Å²) in [7, 11) is 0. The van der Waals surface area contributed by atoms with Crippen molar-refractivity contribution >= 4 is 17.6 Å². The molecule has 1 aromatic heterocycles. The lowest BCUT2D eigenvalue weighted by atomic mass is 10.2. The molecule has 2 rings (SSSR count). The van der Waals surface area contributed by atoms with Crippen LogP contribution < -0.4 is 5.32 Å². The maximum Gasteiger partial charge on any atom is 0.342 e. The van der Waals surface area contributed by atoms with Crippen LogP contribution in [-0.2, 0) is 9.53 Å². The summed E-state index contributed by atoms with van der Waals surface area (Å²) in [6.07, 6.45) is 0. The average Bonchev–Trinajstić information content (AvgIpc) is 2.75. The van der Waals surface area contributed by atoms with Gasteiger partial charge in [0, 0.05) is 5.69 Å². The highest BCUT2D eigenvalue weighted by Gasteiger charge is 2.16. The lowest BCUT2D eigenvalue weighted by Crippen LogP contribution is -2.21. The molecular weight excluding hydrogens is 277 g/mol. The average molecular weight is 291 g/mol. The summed E-state index contributed by atoms with van der Waals surface area (Å²) in [5.74, 6) is -0.633. The Morgan fingerprint density at radius 2 is 2.05 bits per heavy atom. The number of benzene rings is 1. The van der Waals surface area contributed by atoms with Crippen LogP contribution in [0.2, 0.25) is 0 Å². The number of aryl methyl sites for hydroxylation is 2. The van der Waals surface area contributed by atoms with Crippen molar-refractivity contribution in [3.8, 4) is 0 Å². The van der Waals surface area contributed by atoms with Gasteiger partial charge in [-0.25, -0.2) is 9.18 Å². The molecule has 0 spiro atoms. The van der Waals surface area contributed by atoms with Gasteiger partial charge in [0.2, 0.25) is 0 Å². The molecule has 0 atom stereocenters. The van der Waals surface area contributed by atoms with E-state index >= 15 is 0 Å². The van der Waals surface area contributed by atoms with E-state index in [-0.39, 0.29) is 5.56 Å². The predicted octanol–water partition coefficient (Wildman–Crippen LogP) is 2.83. The van der Waals surface area contributed by atoms with Crippen molar-refractivity contribution in [2.24, 2.45) is 0 Å². The van der Waals surface area contributed by atoms with Crippen LogP contribution >= 0.6 is 0 Å². The molecule has 21 heavy (non-hydrogen) atoms. The number of carbonyl (C=O) groups is 2. The molecule has 6 heteroatoms. The number of hydrogen-bond donors (Lipinski definition) is 1. The summed E-state index contributed by atoms with van der Waals surface area (Å²) in [4.78, 5) is 23.4. The van der Waals surface area contributed by atoms with Gasteiger partial charge >= 0.3 is 5.97 Å². The molecule has 0 fully saturated rings. The zero-order valence-electron chi connectivity index (χ0n) is 11.6. The molecule has 0 unspecified atom stereocenters. The number of carbonyl (C=O) groups excluding carboxylic acids is 2. The van der Waals surface area contributed by atoms with Gasteiger partial charge in [0.1, 0.15) is 22.9 Å². The Morgan fingerprint density at radius 3 is 2.67 bits per heavy atom. The van der Waals surface area contributed by atoms with Gasteiger partial charge in [0.05, 0.1) is 0 Å². The van der Waals surface area contributed by atoms with Gasteiger partial charge in [-0.3, -0.25) is 4.79 Å². The molecule has 0 saturated carbocycles. The Hall–Kier alpha value is -2.63. The smallest absolute Gasteiger partial charge is 0.342 e. The number of furan rings is 1. The first-order valence-electron chi connectivity index (χ1n) is 6.25. The van der Waals surface area contributed by atoms with Crippen molar-refractivity contribution in [1.82, 2.24) is 0 Å². The second-order valence-corrected chi connectivity index (χ2v) is 4.46. The second-order valence-electron chi connectivity index (χ2n) is 4.46. The molecule has 110 valence electrons. The van der Waals surface area contributed by atoms with E-state index in [2.05, 4.69) is 5.32 Å². The number of esters is 1. The summed E-state index contributed by atoms with van der Waals surface area (Å²) in [6, 6.07) is 6.98. The van der Waals surface area contributed by atoms with E-state index in [0.717, 1.165) is 0 Å². The Balaban J connectivity index is 1.89. The van der Waals surface area contributed by atoms with Crippen molar-refractivity contribution in [3.63, 3.8) is 0 Å². The highest BCUT2D eigenvalue weighted by atomic mass is 19.1. The van der Waals surface area contributed by atoms with Crippen LogP contribution in [0, 0.1) is 19.7 Å². The van der Waals surface area contributed by atoms with E-state index < -0.39 is 24.3 Å². The first kappa shape index (κ1) is 14.8. The number of hydrogen-bond acceptors (Lipinski definition) is 4. The summed E-state index contributed by atoms with van der Waals surface area (Å²) >= 11 is 0. The molecule has 0 bridgehead atoms. The monoisotopic (exact) mass is 291 g/mol. The second kappa shape index (κ2) is 6.21. The summed E-state index contributed by atoms with van der Waals surface area (Å²) < 4.78 is 23.0. The number of rotatable bonds is 4. The Kier molecular flexibility index (Phi) is 4.37. The minimum Gasteiger partial charge on any atom is -0.466 e. The highest BCUT2D eigenvalue weighted by molar-refractivity contribution is 5.95. The molecular formula is C15H14FNO4. The maximum absolute atomic E-state index is 13.0. The fourth-order valence-electron chi connectivity index (χ4n) is 1.81. The van der Waals surface area contributed by atoms with Gasteiger partial charge in [-0.1, -0.05) is 6.07 Å². The van der Waals surface area contributed by atoms with Crippen LogP contribution in [-0.4, -0.2) is 18.5 Å². The summed E-state index contributed by atoms with van der Waals surface area (Å²) in [6.45, 7) is 2.88. The van der Waals surface area contributed by atoms with E-state index in [9.17, 15) is 14.0 Å². The minimum atomic E-state index is -0.640. The fraction of sp³-hybridized carbons (Fsp3) is 0.200. The zero-order valence-corrected chi connectivity index (χ0v) is 11.6. The molecule has 1 heterocycles. The number of amides is 1. The lowest BCUT2D eigenvalue weighted by molar-refractivity contribution is -0.119. The van der Waals surface area contributed by atoms with Crippen molar-refractivity contribution in [1.29, 1.82) is 0 Å². The molecule has 5 nitrogen and oxygen atoms in total. The van der Waals surface area contributed by atoms with E-state index in [4.69, 9.17) is 9.15 Å². The third kappa shape index (κ3) is 3.92. The molecule has 2 aromatic rings. The Bertz CT molecular complexity index is 678. The van der Waals surface area contributed by atoms with Gasteiger partial charge in [0.15, 0.2) is 6.61 Å². The molecule has 1 aromatic carbocycles. The first-order chi connectivity index (χ1) is 9.95. The van der Waals surface area contributed by atoms with E-state index in [1.54, 1.807) is 19.9 Å². The van der Waals surface area contributed by atoms with E-state index in [1.807, 2.05) is 0 Å². The molecule has 0 saturated heterocycles. The standard InChI is InChI=1S/C15H14FNO4/c1-9-6-13(10(2)21-9)15(19)20-8-14(18)17-12-5-3-4-11(16)7-12/h3-7H,8H2,1-2H3,(H,17,18). The van der Waals surface area contributed by atoms with Crippen molar-refractivity contribution in [2.45, 2.75) is 13.8 Å². The maximum atomic E-state index is 13.0. The van der Waals surface area contributed by atoms with Crippen molar-refractivity contribution in [2.75, 3.05) is 11.9 Å². The summed E-state index contributed by atoms with van der Waals surface area (Å²) in [5, 5.41) is 2.43. The van der Waals surface area contributed by atoms with Gasteiger partial charge in [-0.05, 0) is 38.1 Å². The van der Waals surface area contributed by atoms with Crippen LogP contribution in [0.25, 0.3) is 0 Å². The highest BCUT2D eigenvalue weighted by Crippen LogP contribution is 2.15. The Labute approximate surface area is 120 Å². The van der Waals surface area contributed by atoms with Crippen LogP contribution in [0.4, 0.5) is 10.1 Å². The zero-order chi connectivity index (χ0) is 15.4. The number of nitrogens with one attached hydrogen (secondary N) is 1. The van der Waals surface area contributed by atoms with Crippen LogP contribution in [0.15, 0.2) is 34.7 Å². The minimum absolute atomic E-state index is 0.283. The topological polar surface area (TPSA) is 68.5 Å². The molecule has 1 N–H and O–H groups in total. The molecule has 0 aliphatic carbocycles. The van der Waals surface area contributed by atoms with Crippen molar-refractivity contribution < 1.29 is 23.1 Å². The van der Waals surface area contributed by atoms with Gasteiger partial charge in [0.25, 0.3) is 5.91 Å². The van der Waals surface area contributed by atoms with Crippen LogP contribution in [0.3, 0.4) is 0 Å². The van der Waals surface area contributed by atoms with Crippen molar-refractivity contribution in [3.05, 3.63) is 53.2 Å². The quantitative estimate of drug-likeness (QED) is 0.879. The Morgan fingerprint density at radius 1 is 1.29 bits per heavy atom. The molecule has 1 amide bonds. The SMILES string of the molecule is Cc1cc(C(=O)OCC(=O)Nc2cccc(F)c2)c(C)o1. The van der Waals surface area contributed by atoms with Gasteiger partial charge < -0.3 is 14.5 Å². The predicted molar refractivity (Wildman–Crippen MR) is 73.5 cm³/mol. The fourth-order valence-corrected chi connectivity index (χ4v) is 1.81. The van der Waals surface area contributed by atoms with Crippen LogP contribution in [0.1, 0.15) is 21.9 Å². The normalized spacial score (nSPS) is 10.2. The number of halogens is 1. The first-order valence-corrected chi connectivity index (χ1v) is 6.25. The summed E-state index contributed by atoms with van der Waals surface area (Å²) in [5.41, 5.74) is 0.581. The number of anilines is 1.